The van der Waals surface area contributed by atoms with E-state index in [0.29, 0.717) is 31.6 Å². The van der Waals surface area contributed by atoms with E-state index in [1.54, 1.807) is 16.8 Å². The van der Waals surface area contributed by atoms with Crippen molar-refractivity contribution in [2.75, 3.05) is 46.1 Å². The molecular weight excluding hydrogens is 922 g/mol. The van der Waals surface area contributed by atoms with Crippen LogP contribution >= 0.6 is 11.3 Å². The molecule has 4 N–H and O–H groups in total. The minimum absolute atomic E-state index is 0.00863. The van der Waals surface area contributed by atoms with E-state index in [9.17, 15) is 19.5 Å². The Labute approximate surface area is 412 Å². The molecule has 2 aromatic heterocycles. The molecule has 13 nitrogen and oxygen atoms in total. The van der Waals surface area contributed by atoms with Gasteiger partial charge in [0.15, 0.2) is 0 Å². The summed E-state index contributed by atoms with van der Waals surface area (Å²) in [6, 6.07) is 15.1. The number of likely N-dealkylation sites (tertiary alicyclic amines) is 1. The van der Waals surface area contributed by atoms with Gasteiger partial charge < -0.3 is 39.8 Å². The highest BCUT2D eigenvalue weighted by Gasteiger charge is 2.45. The van der Waals surface area contributed by atoms with Gasteiger partial charge in [-0.25, -0.2) is 18.2 Å². The number of carbonyl (C=O) groups excluding carboxylic acids is 3. The predicted octanol–water partition coefficient (Wildman–Crippen LogP) is 8.35. The lowest BCUT2D eigenvalue weighted by Gasteiger charge is -2.43. The van der Waals surface area contributed by atoms with Crippen LogP contribution < -0.4 is 15.4 Å². The molecule has 2 aliphatic rings. The second-order valence-corrected chi connectivity index (χ2v) is 21.1. The third-order valence-corrected chi connectivity index (χ3v) is 13.9. The van der Waals surface area contributed by atoms with Crippen molar-refractivity contribution in [3.05, 3.63) is 106 Å². The zero-order valence-corrected chi connectivity index (χ0v) is 42.0. The number of aryl methyl sites for hydroxylation is 1. The Hall–Kier alpha value is -5.33. The third-order valence-electron chi connectivity index (χ3n) is 12.9. The van der Waals surface area contributed by atoms with Gasteiger partial charge in [-0.3, -0.25) is 19.3 Å². The fourth-order valence-electron chi connectivity index (χ4n) is 9.44. The number of nitrogens with one attached hydrogen (secondary N) is 3. The number of fused-ring (bicyclic) bond motifs is 3. The molecule has 17 heteroatoms. The molecule has 5 aromatic rings. The molecule has 0 saturated carbocycles. The standard InChI is InChI=1S/C53H67F3N6O7S/c1-32-23-39-38-13-9-10-14-42(38)59-46(39)47(62(32)30-53(6,7)56)45-40(54)25-37(26-41(45)55)69-20-12-8-11-19-67-21-22-68-29-44(64)60-49(52(3,4)5)51(66)61-28-36(63)24-43(61)50(65)57-27-34-15-17-35(18-16-34)48-33(2)58-31-70-48/h9-10,13-18,25-26,31-32,36,43,47,49,59,63H,8,11-12,19-24,27-30H2,1-7H3,(H,57,65)(H,60,64)/t32-,36-,43+,47-,49?/m1/s1. The van der Waals surface area contributed by atoms with Crippen molar-refractivity contribution >= 4 is 40.0 Å². The maximum Gasteiger partial charge on any atom is 0.246 e. The van der Waals surface area contributed by atoms with E-state index in [1.807, 2.05) is 88.0 Å². The number of aromatic amines is 1. The Kier molecular flexibility index (Phi) is 17.1. The molecule has 378 valence electrons. The molecule has 0 bridgehead atoms. The molecule has 0 aliphatic carbocycles. The fraction of sp³-hybridized carbons (Fsp3) is 0.509. The lowest BCUT2D eigenvalue weighted by molar-refractivity contribution is -0.144. The summed E-state index contributed by atoms with van der Waals surface area (Å²) in [5.74, 6) is -2.80. The number of halogens is 3. The summed E-state index contributed by atoms with van der Waals surface area (Å²) in [5.41, 5.74) is 4.73. The molecule has 2 aliphatic heterocycles. The summed E-state index contributed by atoms with van der Waals surface area (Å²) < 4.78 is 64.2. The number of aromatic nitrogens is 2. The largest absolute Gasteiger partial charge is 0.493 e. The molecule has 1 fully saturated rings. The van der Waals surface area contributed by atoms with E-state index >= 15 is 13.2 Å². The topological polar surface area (TPSA) is 158 Å². The molecule has 0 spiro atoms. The van der Waals surface area contributed by atoms with Crippen LogP contribution in [0.3, 0.4) is 0 Å². The number of amides is 3. The number of alkyl halides is 1. The summed E-state index contributed by atoms with van der Waals surface area (Å²) in [6.45, 7) is 13.2. The van der Waals surface area contributed by atoms with Crippen LogP contribution in [-0.4, -0.2) is 119 Å². The fourth-order valence-corrected chi connectivity index (χ4v) is 10.3. The molecule has 1 unspecified atom stereocenters. The molecular formula is C53H67F3N6O7S. The Bertz CT molecular complexity index is 2570. The Morgan fingerprint density at radius 2 is 1.66 bits per heavy atom. The van der Waals surface area contributed by atoms with Crippen molar-refractivity contribution in [3.8, 4) is 16.2 Å². The molecule has 70 heavy (non-hydrogen) atoms. The number of hydrogen-bond acceptors (Lipinski definition) is 10. The van der Waals surface area contributed by atoms with Crippen molar-refractivity contribution in [2.24, 2.45) is 5.41 Å². The number of β-amino-alcohol motifs (C(OH)–C–C–N with tert-alkyl or cyclic N) is 1. The SMILES string of the molecule is Cc1ncsc1-c1ccc(CNC(=O)[C@@H]2C[C@@H](O)CN2C(=O)C(NC(=O)COCCOCCCCCOc2cc(F)c([C@@H]3c4[nH]c5ccccc5c4C[C@@H](C)N3CC(C)(C)F)c(F)c2)C(C)(C)C)cc1. The second kappa shape index (κ2) is 22.8. The van der Waals surface area contributed by atoms with Gasteiger partial charge in [-0.1, -0.05) is 63.2 Å². The molecule has 4 heterocycles. The average Bonchev–Trinajstić information content (AvgIpc) is 4.02. The first-order valence-corrected chi connectivity index (χ1v) is 25.0. The van der Waals surface area contributed by atoms with E-state index in [1.165, 1.54) is 30.9 Å². The molecule has 1 saturated heterocycles. The van der Waals surface area contributed by atoms with Crippen LogP contribution in [0.1, 0.15) is 101 Å². The number of thiazole rings is 1. The van der Waals surface area contributed by atoms with Crippen LogP contribution in [0.5, 0.6) is 5.75 Å². The normalized spacial score (nSPS) is 19.0. The number of H-pyrrole nitrogens is 1. The van der Waals surface area contributed by atoms with Crippen LogP contribution in [0, 0.1) is 24.0 Å². The number of aliphatic hydroxyl groups excluding tert-OH is 1. The Morgan fingerprint density at radius 1 is 0.957 bits per heavy atom. The lowest BCUT2D eigenvalue weighted by Crippen LogP contribution is -2.58. The van der Waals surface area contributed by atoms with Crippen molar-refractivity contribution in [2.45, 2.75) is 123 Å². The number of benzene rings is 3. The summed E-state index contributed by atoms with van der Waals surface area (Å²) in [6.07, 6.45) is 1.84. The highest BCUT2D eigenvalue weighted by atomic mass is 32.1. The molecule has 3 amide bonds. The maximum atomic E-state index is 16.0. The molecule has 0 radical (unpaired) electrons. The third kappa shape index (κ3) is 12.9. The Morgan fingerprint density at radius 3 is 2.34 bits per heavy atom. The number of unbranched alkanes of at least 4 members (excludes halogenated alkanes) is 2. The van der Waals surface area contributed by atoms with Gasteiger partial charge in [0.05, 0.1) is 48.0 Å². The van der Waals surface area contributed by atoms with E-state index in [-0.39, 0.29) is 75.7 Å². The van der Waals surface area contributed by atoms with Gasteiger partial charge in [0, 0.05) is 73.0 Å². The van der Waals surface area contributed by atoms with Crippen LogP contribution in [0.15, 0.2) is 66.2 Å². The van der Waals surface area contributed by atoms with E-state index < -0.39 is 58.8 Å². The first kappa shape index (κ1) is 52.5. The van der Waals surface area contributed by atoms with Gasteiger partial charge in [0.25, 0.3) is 0 Å². The van der Waals surface area contributed by atoms with Crippen LogP contribution in [-0.2, 0) is 36.8 Å². The van der Waals surface area contributed by atoms with Crippen molar-refractivity contribution in [1.82, 2.24) is 30.4 Å². The summed E-state index contributed by atoms with van der Waals surface area (Å²) in [5, 5.41) is 17.3. The quantitative estimate of drug-likeness (QED) is 0.0531. The highest BCUT2D eigenvalue weighted by Crippen LogP contribution is 2.44. The summed E-state index contributed by atoms with van der Waals surface area (Å²) in [7, 11) is 0. The van der Waals surface area contributed by atoms with Gasteiger partial charge in [0.2, 0.25) is 17.7 Å². The zero-order valence-electron chi connectivity index (χ0n) is 41.2. The van der Waals surface area contributed by atoms with Crippen molar-refractivity contribution < 1.29 is 46.9 Å². The van der Waals surface area contributed by atoms with Crippen molar-refractivity contribution in [3.63, 3.8) is 0 Å². The van der Waals surface area contributed by atoms with Gasteiger partial charge in [-0.05, 0) is 81.5 Å². The zero-order chi connectivity index (χ0) is 50.3. The first-order valence-electron chi connectivity index (χ1n) is 24.2. The van der Waals surface area contributed by atoms with Gasteiger partial charge in [-0.2, -0.15) is 0 Å². The average molecular weight is 989 g/mol. The number of aliphatic hydroxyl groups is 1. The number of rotatable bonds is 21. The van der Waals surface area contributed by atoms with Crippen molar-refractivity contribution in [1.29, 1.82) is 0 Å². The summed E-state index contributed by atoms with van der Waals surface area (Å²) in [4.78, 5) is 52.4. The smallest absolute Gasteiger partial charge is 0.246 e. The van der Waals surface area contributed by atoms with Crippen LogP contribution in [0.4, 0.5) is 13.2 Å². The lowest BCUT2D eigenvalue weighted by atomic mass is 9.85. The minimum Gasteiger partial charge on any atom is -0.493 e. The van der Waals surface area contributed by atoms with Gasteiger partial charge in [0.1, 0.15) is 41.7 Å². The van der Waals surface area contributed by atoms with E-state index in [4.69, 9.17) is 14.2 Å². The maximum absolute atomic E-state index is 16.0. The van der Waals surface area contributed by atoms with Gasteiger partial charge >= 0.3 is 0 Å². The Balaban J connectivity index is 0.808. The van der Waals surface area contributed by atoms with E-state index in [2.05, 4.69) is 20.6 Å². The number of carbonyl (C=O) groups is 3. The predicted molar refractivity (Wildman–Crippen MR) is 264 cm³/mol. The summed E-state index contributed by atoms with van der Waals surface area (Å²) >= 11 is 1.56. The molecule has 3 aromatic carbocycles. The number of hydrogen-bond donors (Lipinski definition) is 4. The second-order valence-electron chi connectivity index (χ2n) is 20.2. The molecule has 5 atom stereocenters. The molecule has 7 rings (SSSR count). The van der Waals surface area contributed by atoms with Crippen LogP contribution in [0.25, 0.3) is 21.3 Å². The number of nitrogens with zero attached hydrogens (tertiary/aromatic N) is 3. The minimum atomic E-state index is -1.60. The monoisotopic (exact) mass is 988 g/mol. The van der Waals surface area contributed by atoms with Gasteiger partial charge in [-0.15, -0.1) is 11.3 Å². The van der Waals surface area contributed by atoms with E-state index in [0.717, 1.165) is 44.6 Å². The first-order chi connectivity index (χ1) is 33.3. The highest BCUT2D eigenvalue weighted by molar-refractivity contribution is 7.13. The number of ether oxygens (including phenoxy) is 3. The number of para-hydroxylation sites is 1. The van der Waals surface area contributed by atoms with Crippen LogP contribution in [0.2, 0.25) is 0 Å².